The summed E-state index contributed by atoms with van der Waals surface area (Å²) >= 11 is 5.30. The van der Waals surface area contributed by atoms with E-state index in [1.807, 2.05) is 67.5 Å². The number of aromatic nitrogens is 3. The van der Waals surface area contributed by atoms with Crippen molar-refractivity contribution in [3.63, 3.8) is 0 Å². The molecule has 0 fully saturated rings. The van der Waals surface area contributed by atoms with Gasteiger partial charge in [0.2, 0.25) is 4.77 Å². The molecule has 0 radical (unpaired) electrons. The predicted molar refractivity (Wildman–Crippen MR) is 103 cm³/mol. The van der Waals surface area contributed by atoms with Crippen LogP contribution in [0.2, 0.25) is 0 Å². The summed E-state index contributed by atoms with van der Waals surface area (Å²) in [4.78, 5) is 2.05. The Balaban J connectivity index is 1.92. The number of H-pyrrole nitrogens is 1. The molecule has 25 heavy (non-hydrogen) atoms. The van der Waals surface area contributed by atoms with E-state index in [4.69, 9.17) is 17.0 Å². The fraction of sp³-hybridized carbons (Fsp3) is 0.167. The quantitative estimate of drug-likeness (QED) is 0.563. The molecule has 3 aromatic rings. The van der Waals surface area contributed by atoms with Gasteiger partial charge in [-0.15, -0.1) is 0 Å². The van der Waals surface area contributed by atoms with Crippen LogP contribution >= 0.6 is 12.2 Å². The van der Waals surface area contributed by atoms with E-state index < -0.39 is 0 Å². The third-order valence-corrected chi connectivity index (χ3v) is 3.97. The van der Waals surface area contributed by atoms with E-state index in [9.17, 15) is 0 Å². The molecule has 0 amide bonds. The third-order valence-electron chi connectivity index (χ3n) is 3.71. The highest BCUT2D eigenvalue weighted by Crippen LogP contribution is 2.22. The molecule has 0 saturated heterocycles. The summed E-state index contributed by atoms with van der Waals surface area (Å²) in [6.07, 6.45) is 1.76. The molecular formula is C18H19N5OS. The molecule has 0 atom stereocenters. The van der Waals surface area contributed by atoms with E-state index in [0.717, 1.165) is 22.6 Å². The molecule has 0 bridgehead atoms. The predicted octanol–water partition coefficient (Wildman–Crippen LogP) is 3.56. The molecule has 128 valence electrons. The maximum absolute atomic E-state index is 5.30. The zero-order chi connectivity index (χ0) is 17.8. The SMILES string of the molecule is COc1cccc(-c2n[nH]c(=S)n2N=Cc2ccc(N(C)C)cc2)c1. The van der Waals surface area contributed by atoms with Gasteiger partial charge < -0.3 is 9.64 Å². The Morgan fingerprint density at radius 3 is 2.64 bits per heavy atom. The first-order valence-corrected chi connectivity index (χ1v) is 8.13. The van der Waals surface area contributed by atoms with E-state index in [1.165, 1.54) is 0 Å². The number of aromatic amines is 1. The van der Waals surface area contributed by atoms with Gasteiger partial charge in [-0.05, 0) is 42.0 Å². The van der Waals surface area contributed by atoms with Crippen molar-refractivity contribution in [2.45, 2.75) is 0 Å². The first-order chi connectivity index (χ1) is 12.1. The van der Waals surface area contributed by atoms with Crippen LogP contribution in [0.5, 0.6) is 5.75 Å². The molecule has 0 aliphatic carbocycles. The summed E-state index contributed by atoms with van der Waals surface area (Å²) in [6.45, 7) is 0. The van der Waals surface area contributed by atoms with Crippen molar-refractivity contribution in [2.24, 2.45) is 5.10 Å². The van der Waals surface area contributed by atoms with Gasteiger partial charge in [0.25, 0.3) is 0 Å². The molecular weight excluding hydrogens is 334 g/mol. The molecule has 6 nitrogen and oxygen atoms in total. The van der Waals surface area contributed by atoms with Crippen LogP contribution in [0, 0.1) is 4.77 Å². The van der Waals surface area contributed by atoms with Crippen molar-refractivity contribution in [1.29, 1.82) is 0 Å². The van der Waals surface area contributed by atoms with Crippen LogP contribution < -0.4 is 9.64 Å². The number of nitrogens with zero attached hydrogens (tertiary/aromatic N) is 4. The number of hydrogen-bond acceptors (Lipinski definition) is 5. The van der Waals surface area contributed by atoms with Crippen LogP contribution in [0.25, 0.3) is 11.4 Å². The lowest BCUT2D eigenvalue weighted by atomic mass is 10.2. The van der Waals surface area contributed by atoms with Crippen molar-refractivity contribution in [3.05, 3.63) is 58.9 Å². The van der Waals surface area contributed by atoms with Gasteiger partial charge >= 0.3 is 0 Å². The van der Waals surface area contributed by atoms with Crippen LogP contribution in [-0.2, 0) is 0 Å². The fourth-order valence-electron chi connectivity index (χ4n) is 2.33. The topological polar surface area (TPSA) is 58.4 Å². The summed E-state index contributed by atoms with van der Waals surface area (Å²) < 4.78 is 7.30. The van der Waals surface area contributed by atoms with Gasteiger partial charge in [-0.25, -0.2) is 5.10 Å². The molecule has 0 aliphatic rings. The maximum atomic E-state index is 5.30. The minimum atomic E-state index is 0.430. The first kappa shape index (κ1) is 16.9. The van der Waals surface area contributed by atoms with Crippen LogP contribution in [0.4, 0.5) is 5.69 Å². The Morgan fingerprint density at radius 1 is 1.20 bits per heavy atom. The highest BCUT2D eigenvalue weighted by Gasteiger charge is 2.09. The van der Waals surface area contributed by atoms with Crippen molar-refractivity contribution in [3.8, 4) is 17.1 Å². The van der Waals surface area contributed by atoms with E-state index in [-0.39, 0.29) is 0 Å². The standard InChI is InChI=1S/C18H19N5OS/c1-22(2)15-9-7-13(8-10-15)12-19-23-17(20-21-18(23)25)14-5-4-6-16(11-14)24-3/h4-12H,1-3H3,(H,21,25). The second-order valence-corrected chi connectivity index (χ2v) is 6.01. The second kappa shape index (κ2) is 7.31. The number of methoxy groups -OCH3 is 1. The van der Waals surface area contributed by atoms with E-state index >= 15 is 0 Å². The van der Waals surface area contributed by atoms with Crippen molar-refractivity contribution >= 4 is 24.1 Å². The fourth-order valence-corrected chi connectivity index (χ4v) is 2.51. The molecule has 0 spiro atoms. The van der Waals surface area contributed by atoms with Gasteiger partial charge in [-0.1, -0.05) is 24.3 Å². The Bertz CT molecular complexity index is 941. The van der Waals surface area contributed by atoms with E-state index in [0.29, 0.717) is 10.6 Å². The molecule has 2 aromatic carbocycles. The number of nitrogens with one attached hydrogen (secondary N) is 1. The van der Waals surface area contributed by atoms with Gasteiger partial charge in [-0.2, -0.15) is 14.9 Å². The summed E-state index contributed by atoms with van der Waals surface area (Å²) in [7, 11) is 5.65. The van der Waals surface area contributed by atoms with Crippen LogP contribution in [0.1, 0.15) is 5.56 Å². The summed E-state index contributed by atoms with van der Waals surface area (Å²) in [6, 6.07) is 15.7. The summed E-state index contributed by atoms with van der Waals surface area (Å²) in [5.41, 5.74) is 2.98. The van der Waals surface area contributed by atoms with Crippen LogP contribution in [0.3, 0.4) is 0 Å². The van der Waals surface area contributed by atoms with Gasteiger partial charge in [-0.3, -0.25) is 0 Å². The Labute approximate surface area is 151 Å². The molecule has 0 aliphatic heterocycles. The Hall–Kier alpha value is -2.93. The molecule has 3 rings (SSSR count). The Kier molecular flexibility index (Phi) is 4.95. The molecule has 0 saturated carbocycles. The minimum absolute atomic E-state index is 0.430. The lowest BCUT2D eigenvalue weighted by Gasteiger charge is -2.11. The average molecular weight is 353 g/mol. The van der Waals surface area contributed by atoms with Crippen molar-refractivity contribution < 1.29 is 4.74 Å². The zero-order valence-corrected chi connectivity index (χ0v) is 15.1. The molecule has 1 N–H and O–H groups in total. The van der Waals surface area contributed by atoms with Crippen molar-refractivity contribution in [1.82, 2.24) is 14.9 Å². The summed E-state index contributed by atoms with van der Waals surface area (Å²) in [5, 5.41) is 11.6. The molecule has 7 heteroatoms. The second-order valence-electron chi connectivity index (χ2n) is 5.63. The van der Waals surface area contributed by atoms with Gasteiger partial charge in [0.05, 0.1) is 13.3 Å². The van der Waals surface area contributed by atoms with Gasteiger partial charge in [0.1, 0.15) is 5.75 Å². The maximum Gasteiger partial charge on any atom is 0.216 e. The zero-order valence-electron chi connectivity index (χ0n) is 14.3. The number of hydrogen-bond donors (Lipinski definition) is 1. The third kappa shape index (κ3) is 3.77. The number of anilines is 1. The molecule has 1 heterocycles. The summed E-state index contributed by atoms with van der Waals surface area (Å²) in [5.74, 6) is 1.38. The Morgan fingerprint density at radius 2 is 1.96 bits per heavy atom. The lowest BCUT2D eigenvalue weighted by Crippen LogP contribution is -2.08. The largest absolute Gasteiger partial charge is 0.497 e. The van der Waals surface area contributed by atoms with Gasteiger partial charge in [0.15, 0.2) is 5.82 Å². The smallest absolute Gasteiger partial charge is 0.216 e. The molecule has 1 aromatic heterocycles. The normalized spacial score (nSPS) is 11.0. The monoisotopic (exact) mass is 353 g/mol. The average Bonchev–Trinajstić information content (AvgIpc) is 3.01. The van der Waals surface area contributed by atoms with Crippen molar-refractivity contribution in [2.75, 3.05) is 26.1 Å². The lowest BCUT2D eigenvalue weighted by molar-refractivity contribution is 0.415. The van der Waals surface area contributed by atoms with Gasteiger partial charge in [0, 0.05) is 25.3 Å². The number of rotatable bonds is 5. The van der Waals surface area contributed by atoms with E-state index in [1.54, 1.807) is 18.0 Å². The number of benzene rings is 2. The molecule has 0 unspecified atom stereocenters. The van der Waals surface area contributed by atoms with Crippen LogP contribution in [-0.4, -0.2) is 42.3 Å². The highest BCUT2D eigenvalue weighted by molar-refractivity contribution is 7.71. The minimum Gasteiger partial charge on any atom is -0.497 e. The van der Waals surface area contributed by atoms with Crippen LogP contribution in [0.15, 0.2) is 53.6 Å². The number of ether oxygens (including phenoxy) is 1. The highest BCUT2D eigenvalue weighted by atomic mass is 32.1. The van der Waals surface area contributed by atoms with E-state index in [2.05, 4.69) is 15.3 Å². The first-order valence-electron chi connectivity index (χ1n) is 7.72.